The Hall–Kier alpha value is -3.13. The minimum absolute atomic E-state index is 0.180. The molecule has 0 bridgehead atoms. The number of amides is 1. The average molecular weight is 333 g/mol. The van der Waals surface area contributed by atoms with Crippen molar-refractivity contribution in [1.82, 2.24) is 15.5 Å². The van der Waals surface area contributed by atoms with Crippen LogP contribution in [-0.2, 0) is 0 Å². The first-order chi connectivity index (χ1) is 12.1. The van der Waals surface area contributed by atoms with E-state index in [0.29, 0.717) is 22.4 Å². The van der Waals surface area contributed by atoms with Crippen LogP contribution in [0, 0.1) is 18.8 Å². The highest BCUT2D eigenvalue weighted by molar-refractivity contribution is 6.06. The molecule has 0 unspecified atom stereocenters. The molecule has 3 rings (SSSR count). The van der Waals surface area contributed by atoms with Gasteiger partial charge in [-0.25, -0.2) is 4.98 Å². The Morgan fingerprint density at radius 3 is 2.76 bits per heavy atom. The number of nitrogens with one attached hydrogen (secondary N) is 1. The molecule has 1 amide bonds. The van der Waals surface area contributed by atoms with Crippen LogP contribution in [0.3, 0.4) is 0 Å². The summed E-state index contributed by atoms with van der Waals surface area (Å²) in [6.07, 6.45) is 0. The normalized spacial score (nSPS) is 10.6. The maximum atomic E-state index is 12.6. The van der Waals surface area contributed by atoms with Crippen LogP contribution in [0.5, 0.6) is 0 Å². The van der Waals surface area contributed by atoms with Crippen molar-refractivity contribution in [2.75, 3.05) is 6.54 Å². The van der Waals surface area contributed by atoms with Crippen molar-refractivity contribution >= 4 is 17.0 Å². The van der Waals surface area contributed by atoms with Gasteiger partial charge in [-0.05, 0) is 31.0 Å². The summed E-state index contributed by atoms with van der Waals surface area (Å²) in [7, 11) is 0. The molecule has 1 aromatic carbocycles. The predicted octanol–water partition coefficient (Wildman–Crippen LogP) is 3.44. The van der Waals surface area contributed by atoms with Gasteiger partial charge < -0.3 is 9.84 Å². The quantitative estimate of drug-likeness (QED) is 0.746. The number of fused-ring (bicyclic) bond motifs is 1. The third-order valence-corrected chi connectivity index (χ3v) is 3.82. The second-order valence-electron chi connectivity index (χ2n) is 6.05. The highest BCUT2D eigenvalue weighted by Gasteiger charge is 2.19. The van der Waals surface area contributed by atoms with Crippen molar-refractivity contribution in [3.63, 3.8) is 0 Å². The van der Waals surface area contributed by atoms with Gasteiger partial charge in [0.2, 0.25) is 0 Å². The first-order valence-electron chi connectivity index (χ1n) is 8.15. The third-order valence-electron chi connectivity index (χ3n) is 3.82. The van der Waals surface area contributed by atoms with Gasteiger partial charge in [0.05, 0.1) is 23.2 Å². The van der Waals surface area contributed by atoms with E-state index in [0.717, 1.165) is 11.3 Å². The SMILES string of the molecule is Cc1noc2nc(C(C)C)cc(C(=O)NCC#Cc3ccccc3)c12. The number of carbonyl (C=O) groups excluding carboxylic acids is 1. The first-order valence-corrected chi connectivity index (χ1v) is 8.15. The van der Waals surface area contributed by atoms with E-state index in [1.54, 1.807) is 13.0 Å². The summed E-state index contributed by atoms with van der Waals surface area (Å²) in [5.74, 6) is 5.95. The topological polar surface area (TPSA) is 68.0 Å². The lowest BCUT2D eigenvalue weighted by molar-refractivity contribution is 0.0960. The Balaban J connectivity index is 1.82. The van der Waals surface area contributed by atoms with Crippen LogP contribution in [0.1, 0.15) is 47.1 Å². The molecule has 5 nitrogen and oxygen atoms in total. The zero-order chi connectivity index (χ0) is 17.8. The van der Waals surface area contributed by atoms with Gasteiger partial charge in [0.1, 0.15) is 0 Å². The molecule has 0 atom stereocenters. The number of benzene rings is 1. The van der Waals surface area contributed by atoms with E-state index in [1.165, 1.54) is 0 Å². The number of pyridine rings is 1. The number of nitrogens with zero attached hydrogens (tertiary/aromatic N) is 2. The van der Waals surface area contributed by atoms with E-state index in [4.69, 9.17) is 4.52 Å². The zero-order valence-electron chi connectivity index (χ0n) is 14.5. The van der Waals surface area contributed by atoms with Gasteiger partial charge in [0, 0.05) is 11.3 Å². The van der Waals surface area contributed by atoms with Crippen molar-refractivity contribution in [3.05, 3.63) is 58.9 Å². The molecule has 0 spiro atoms. The Morgan fingerprint density at radius 2 is 2.04 bits per heavy atom. The fourth-order valence-corrected chi connectivity index (χ4v) is 2.48. The second kappa shape index (κ2) is 7.18. The molecule has 0 aliphatic rings. The number of carbonyl (C=O) groups is 1. The minimum atomic E-state index is -0.206. The number of hydrogen-bond donors (Lipinski definition) is 1. The monoisotopic (exact) mass is 333 g/mol. The fourth-order valence-electron chi connectivity index (χ4n) is 2.48. The summed E-state index contributed by atoms with van der Waals surface area (Å²) in [5.41, 5.74) is 3.28. The van der Waals surface area contributed by atoms with Crippen LogP contribution in [0.4, 0.5) is 0 Å². The number of rotatable bonds is 3. The van der Waals surface area contributed by atoms with E-state index >= 15 is 0 Å². The van der Waals surface area contributed by atoms with Crippen LogP contribution in [-0.4, -0.2) is 22.6 Å². The summed E-state index contributed by atoms with van der Waals surface area (Å²) < 4.78 is 5.24. The Kier molecular flexibility index (Phi) is 4.80. The van der Waals surface area contributed by atoms with Gasteiger partial charge in [0.25, 0.3) is 11.6 Å². The molecule has 0 aliphatic carbocycles. The van der Waals surface area contributed by atoms with Crippen LogP contribution in [0.2, 0.25) is 0 Å². The predicted molar refractivity (Wildman–Crippen MR) is 96.3 cm³/mol. The Morgan fingerprint density at radius 1 is 1.28 bits per heavy atom. The molecule has 0 fully saturated rings. The standard InChI is InChI=1S/C20H19N3O2/c1-13(2)17-12-16(18-14(3)23-25-20(18)22-17)19(24)21-11-7-10-15-8-5-4-6-9-15/h4-6,8-9,12-13H,11H2,1-3H3,(H,21,24). The Labute approximate surface area is 146 Å². The van der Waals surface area contributed by atoms with Crippen molar-refractivity contribution in [2.24, 2.45) is 0 Å². The minimum Gasteiger partial charge on any atom is -0.341 e. The molecule has 5 heteroatoms. The van der Waals surface area contributed by atoms with Gasteiger partial charge in [-0.1, -0.05) is 49.0 Å². The van der Waals surface area contributed by atoms with Crippen LogP contribution in [0.15, 0.2) is 40.9 Å². The van der Waals surface area contributed by atoms with Gasteiger partial charge in [-0.3, -0.25) is 4.79 Å². The molecule has 0 saturated carbocycles. The van der Waals surface area contributed by atoms with E-state index in [9.17, 15) is 4.79 Å². The van der Waals surface area contributed by atoms with Crippen LogP contribution >= 0.6 is 0 Å². The lowest BCUT2D eigenvalue weighted by Gasteiger charge is -2.08. The van der Waals surface area contributed by atoms with Crippen molar-refractivity contribution < 1.29 is 9.32 Å². The lowest BCUT2D eigenvalue weighted by atomic mass is 10.0. The lowest BCUT2D eigenvalue weighted by Crippen LogP contribution is -2.24. The molecule has 0 saturated heterocycles. The summed E-state index contributed by atoms with van der Waals surface area (Å²) >= 11 is 0. The van der Waals surface area contributed by atoms with Gasteiger partial charge in [0.15, 0.2) is 0 Å². The van der Waals surface area contributed by atoms with Crippen molar-refractivity contribution in [1.29, 1.82) is 0 Å². The summed E-state index contributed by atoms with van der Waals surface area (Å²) in [4.78, 5) is 17.1. The molecule has 3 aromatic rings. The first kappa shape index (κ1) is 16.7. The highest BCUT2D eigenvalue weighted by Crippen LogP contribution is 2.24. The van der Waals surface area contributed by atoms with E-state index in [1.807, 2.05) is 44.2 Å². The van der Waals surface area contributed by atoms with Gasteiger partial charge >= 0.3 is 0 Å². The third kappa shape index (κ3) is 3.69. The summed E-state index contributed by atoms with van der Waals surface area (Å²) in [6.45, 7) is 6.10. The number of hydrogen-bond acceptors (Lipinski definition) is 4. The van der Waals surface area contributed by atoms with E-state index in [-0.39, 0.29) is 18.4 Å². The molecule has 1 N–H and O–H groups in total. The molecule has 25 heavy (non-hydrogen) atoms. The van der Waals surface area contributed by atoms with Crippen molar-refractivity contribution in [3.8, 4) is 11.8 Å². The summed E-state index contributed by atoms with van der Waals surface area (Å²) in [5, 5.41) is 7.42. The van der Waals surface area contributed by atoms with Gasteiger partial charge in [-0.2, -0.15) is 0 Å². The van der Waals surface area contributed by atoms with Gasteiger partial charge in [-0.15, -0.1) is 0 Å². The molecule has 126 valence electrons. The largest absolute Gasteiger partial charge is 0.341 e. The molecule has 0 radical (unpaired) electrons. The molecular weight excluding hydrogens is 314 g/mol. The molecule has 2 heterocycles. The Bertz CT molecular complexity index is 963. The smallest absolute Gasteiger partial charge is 0.259 e. The second-order valence-corrected chi connectivity index (χ2v) is 6.05. The maximum absolute atomic E-state index is 12.6. The summed E-state index contributed by atoms with van der Waals surface area (Å²) in [6, 6.07) is 11.5. The number of aryl methyl sites for hydroxylation is 1. The van der Waals surface area contributed by atoms with E-state index < -0.39 is 0 Å². The van der Waals surface area contributed by atoms with Crippen molar-refractivity contribution in [2.45, 2.75) is 26.7 Å². The highest BCUT2D eigenvalue weighted by atomic mass is 16.5. The molecule has 0 aliphatic heterocycles. The average Bonchev–Trinajstić information content (AvgIpc) is 3.00. The number of aromatic nitrogens is 2. The molecular formula is C20H19N3O2. The zero-order valence-corrected chi connectivity index (χ0v) is 14.5. The molecule has 2 aromatic heterocycles. The fraction of sp³-hybridized carbons (Fsp3) is 0.250. The van der Waals surface area contributed by atoms with Crippen LogP contribution < -0.4 is 5.32 Å². The van der Waals surface area contributed by atoms with Crippen LogP contribution in [0.25, 0.3) is 11.1 Å². The maximum Gasteiger partial charge on any atom is 0.259 e. The van der Waals surface area contributed by atoms with E-state index in [2.05, 4.69) is 27.3 Å².